The van der Waals surface area contributed by atoms with Crippen molar-refractivity contribution in [1.82, 2.24) is 10.2 Å². The summed E-state index contributed by atoms with van der Waals surface area (Å²) in [5.74, 6) is 3.01. The lowest BCUT2D eigenvalue weighted by Crippen LogP contribution is -2.54. The highest BCUT2D eigenvalue weighted by Gasteiger charge is 2.37. The number of hydrogen-bond acceptors (Lipinski definition) is 2. The van der Waals surface area contributed by atoms with Crippen molar-refractivity contribution in [3.05, 3.63) is 0 Å². The third-order valence-electron chi connectivity index (χ3n) is 5.58. The molecule has 0 radical (unpaired) electrons. The van der Waals surface area contributed by atoms with Gasteiger partial charge in [0, 0.05) is 25.2 Å². The first-order chi connectivity index (χ1) is 9.76. The lowest BCUT2D eigenvalue weighted by molar-refractivity contribution is 0.0918. The van der Waals surface area contributed by atoms with Crippen molar-refractivity contribution >= 4 is 0 Å². The summed E-state index contributed by atoms with van der Waals surface area (Å²) < 4.78 is 0. The second-order valence-corrected chi connectivity index (χ2v) is 7.89. The Hall–Kier alpha value is -0.0800. The first kappa shape index (κ1) is 14.8. The number of nitrogens with zero attached hydrogens (tertiary/aromatic N) is 1. The highest BCUT2D eigenvalue weighted by Crippen LogP contribution is 2.37. The summed E-state index contributed by atoms with van der Waals surface area (Å²) in [5, 5.41) is 3.87. The first-order valence-electron chi connectivity index (χ1n) is 9.23. The molecule has 0 aromatic heterocycles. The molecule has 3 saturated carbocycles. The van der Waals surface area contributed by atoms with Gasteiger partial charge >= 0.3 is 0 Å². The Labute approximate surface area is 125 Å². The molecule has 3 atom stereocenters. The summed E-state index contributed by atoms with van der Waals surface area (Å²) in [7, 11) is 0. The largest absolute Gasteiger partial charge is 0.312 e. The van der Waals surface area contributed by atoms with Crippen LogP contribution in [0.2, 0.25) is 0 Å². The van der Waals surface area contributed by atoms with Crippen LogP contribution in [0.15, 0.2) is 0 Å². The van der Waals surface area contributed by atoms with E-state index in [9.17, 15) is 0 Å². The molecule has 0 aromatic carbocycles. The Morgan fingerprint density at radius 2 is 1.60 bits per heavy atom. The van der Waals surface area contributed by atoms with E-state index in [0.717, 1.165) is 29.8 Å². The van der Waals surface area contributed by atoms with E-state index < -0.39 is 0 Å². The molecule has 3 aliphatic rings. The molecule has 3 fully saturated rings. The van der Waals surface area contributed by atoms with Gasteiger partial charge in [-0.2, -0.15) is 0 Å². The van der Waals surface area contributed by atoms with Gasteiger partial charge in [0.25, 0.3) is 0 Å². The molecule has 116 valence electrons. The van der Waals surface area contributed by atoms with Gasteiger partial charge in [-0.25, -0.2) is 0 Å². The van der Waals surface area contributed by atoms with E-state index in [0.29, 0.717) is 0 Å². The average molecular weight is 278 g/mol. The molecule has 2 heteroatoms. The van der Waals surface area contributed by atoms with Crippen LogP contribution in [0.4, 0.5) is 0 Å². The normalized spacial score (nSPS) is 34.6. The third kappa shape index (κ3) is 4.21. The summed E-state index contributed by atoms with van der Waals surface area (Å²) in [6.07, 6.45) is 11.5. The minimum atomic E-state index is 0.767. The van der Waals surface area contributed by atoms with Crippen molar-refractivity contribution in [2.24, 2.45) is 17.8 Å². The van der Waals surface area contributed by atoms with Crippen molar-refractivity contribution in [3.8, 4) is 0 Å². The van der Waals surface area contributed by atoms with E-state index >= 15 is 0 Å². The Bertz CT molecular complexity index is 280. The van der Waals surface area contributed by atoms with Crippen molar-refractivity contribution in [2.75, 3.05) is 19.6 Å². The topological polar surface area (TPSA) is 15.3 Å². The molecule has 0 bridgehead atoms. The van der Waals surface area contributed by atoms with Crippen LogP contribution in [0, 0.1) is 17.8 Å². The molecule has 0 heterocycles. The predicted octanol–water partition coefficient (Wildman–Crippen LogP) is 3.67. The van der Waals surface area contributed by atoms with Gasteiger partial charge < -0.3 is 5.32 Å². The second kappa shape index (κ2) is 6.79. The predicted molar refractivity (Wildman–Crippen MR) is 85.9 cm³/mol. The van der Waals surface area contributed by atoms with Gasteiger partial charge in [-0.05, 0) is 75.7 Å². The zero-order valence-electron chi connectivity index (χ0n) is 13.6. The zero-order valence-corrected chi connectivity index (χ0v) is 13.6. The molecule has 1 N–H and O–H groups in total. The quantitative estimate of drug-likeness (QED) is 0.729. The molecule has 20 heavy (non-hydrogen) atoms. The first-order valence-corrected chi connectivity index (χ1v) is 9.23. The fourth-order valence-corrected chi connectivity index (χ4v) is 3.93. The lowest BCUT2D eigenvalue weighted by atomic mass is 9.82. The van der Waals surface area contributed by atoms with E-state index in [1.807, 2.05) is 0 Å². The van der Waals surface area contributed by atoms with Crippen LogP contribution in [0.5, 0.6) is 0 Å². The summed E-state index contributed by atoms with van der Waals surface area (Å²) in [6.45, 7) is 8.77. The molecule has 0 aromatic rings. The number of nitrogens with one attached hydrogen (secondary N) is 1. The Morgan fingerprint density at radius 3 is 2.15 bits per heavy atom. The Kier molecular flexibility index (Phi) is 5.04. The second-order valence-electron chi connectivity index (χ2n) is 7.89. The molecular formula is C18H34N2. The fraction of sp³-hybridized carbons (Fsp3) is 1.00. The van der Waals surface area contributed by atoms with Gasteiger partial charge in [-0.15, -0.1) is 0 Å². The maximum atomic E-state index is 3.87. The molecule has 0 spiro atoms. The molecule has 3 rings (SSSR count). The monoisotopic (exact) mass is 278 g/mol. The lowest BCUT2D eigenvalue weighted by Gasteiger charge is -2.43. The molecule has 2 nitrogen and oxygen atoms in total. The van der Waals surface area contributed by atoms with Gasteiger partial charge in [-0.1, -0.05) is 13.8 Å². The number of rotatable bonds is 8. The smallest absolute Gasteiger partial charge is 0.0252 e. The maximum Gasteiger partial charge on any atom is 0.0252 e. The van der Waals surface area contributed by atoms with Gasteiger partial charge in [0.05, 0.1) is 0 Å². The van der Waals surface area contributed by atoms with E-state index in [1.54, 1.807) is 0 Å². The van der Waals surface area contributed by atoms with E-state index in [4.69, 9.17) is 0 Å². The molecule has 3 aliphatic carbocycles. The van der Waals surface area contributed by atoms with Crippen LogP contribution in [0.1, 0.15) is 65.2 Å². The van der Waals surface area contributed by atoms with Gasteiger partial charge in [0.15, 0.2) is 0 Å². The molecular weight excluding hydrogens is 244 g/mol. The van der Waals surface area contributed by atoms with Crippen LogP contribution >= 0.6 is 0 Å². The van der Waals surface area contributed by atoms with E-state index in [-0.39, 0.29) is 0 Å². The van der Waals surface area contributed by atoms with Gasteiger partial charge in [-0.3, -0.25) is 4.90 Å². The van der Waals surface area contributed by atoms with Crippen molar-refractivity contribution in [1.29, 1.82) is 0 Å². The molecule has 3 unspecified atom stereocenters. The maximum absolute atomic E-state index is 3.87. The standard InChI is InChI=1S/C18H34N2/c1-3-10-19-17-9-4-14(2)11-18(17)20(12-15-5-6-15)13-16-7-8-16/h14-19H,3-13H2,1-2H3. The SMILES string of the molecule is CCCNC1CCC(C)CC1N(CC1CC1)CC1CC1. The van der Waals surface area contributed by atoms with Crippen LogP contribution in [-0.4, -0.2) is 36.6 Å². The zero-order chi connectivity index (χ0) is 13.9. The van der Waals surface area contributed by atoms with E-state index in [2.05, 4.69) is 24.1 Å². The average Bonchev–Trinajstić information content (AvgIpc) is 3.32. The Morgan fingerprint density at radius 1 is 0.950 bits per heavy atom. The number of hydrogen-bond donors (Lipinski definition) is 1. The van der Waals surface area contributed by atoms with Crippen molar-refractivity contribution in [3.63, 3.8) is 0 Å². The van der Waals surface area contributed by atoms with Crippen LogP contribution in [0.3, 0.4) is 0 Å². The third-order valence-corrected chi connectivity index (χ3v) is 5.58. The molecule has 0 saturated heterocycles. The summed E-state index contributed by atoms with van der Waals surface area (Å²) in [5.41, 5.74) is 0. The summed E-state index contributed by atoms with van der Waals surface area (Å²) in [4.78, 5) is 2.92. The highest BCUT2D eigenvalue weighted by atomic mass is 15.2. The van der Waals surface area contributed by atoms with Crippen molar-refractivity contribution in [2.45, 2.75) is 77.3 Å². The van der Waals surface area contributed by atoms with Crippen LogP contribution in [0.25, 0.3) is 0 Å². The van der Waals surface area contributed by atoms with E-state index in [1.165, 1.54) is 71.0 Å². The summed E-state index contributed by atoms with van der Waals surface area (Å²) >= 11 is 0. The minimum Gasteiger partial charge on any atom is -0.312 e. The fourth-order valence-electron chi connectivity index (χ4n) is 3.93. The van der Waals surface area contributed by atoms with Gasteiger partial charge in [0.2, 0.25) is 0 Å². The molecule has 0 amide bonds. The van der Waals surface area contributed by atoms with Crippen LogP contribution in [-0.2, 0) is 0 Å². The van der Waals surface area contributed by atoms with Crippen molar-refractivity contribution < 1.29 is 0 Å². The minimum absolute atomic E-state index is 0.767. The Balaban J connectivity index is 1.62. The summed E-state index contributed by atoms with van der Waals surface area (Å²) in [6, 6.07) is 1.59. The highest BCUT2D eigenvalue weighted by molar-refractivity contribution is 4.94. The van der Waals surface area contributed by atoms with Crippen LogP contribution < -0.4 is 5.32 Å². The van der Waals surface area contributed by atoms with Gasteiger partial charge in [0.1, 0.15) is 0 Å². The molecule has 0 aliphatic heterocycles.